The molecule has 0 aliphatic heterocycles. The first kappa shape index (κ1) is 13.5. The lowest BCUT2D eigenvalue weighted by Crippen LogP contribution is -2.00. The maximum atomic E-state index is 13.5. The van der Waals surface area contributed by atoms with E-state index in [4.69, 9.17) is 10.00 Å². The number of hydrogen-bond donors (Lipinski definition) is 0. The molecular weight excluding hydrogens is 316 g/mol. The quantitative estimate of drug-likeness (QED) is 0.849. The second kappa shape index (κ2) is 5.81. The summed E-state index contributed by atoms with van der Waals surface area (Å²) in [6, 6.07) is 10.2. The fourth-order valence-corrected chi connectivity index (χ4v) is 1.84. The molecule has 0 atom stereocenters. The predicted molar refractivity (Wildman–Crippen MR) is 69.5 cm³/mol. The molecule has 0 N–H and O–H groups in total. The zero-order valence-corrected chi connectivity index (χ0v) is 11.2. The molecule has 5 heteroatoms. The summed E-state index contributed by atoms with van der Waals surface area (Å²) >= 11 is 3.13. The molecule has 0 heterocycles. The van der Waals surface area contributed by atoms with Crippen molar-refractivity contribution in [1.29, 1.82) is 5.26 Å². The van der Waals surface area contributed by atoms with Crippen LogP contribution in [0.3, 0.4) is 0 Å². The molecule has 0 aromatic heterocycles. The third-order valence-electron chi connectivity index (χ3n) is 2.45. The van der Waals surface area contributed by atoms with Crippen molar-refractivity contribution in [3.63, 3.8) is 0 Å². The number of ether oxygens (including phenoxy) is 1. The Bertz CT molecular complexity index is 652. The van der Waals surface area contributed by atoms with Crippen LogP contribution >= 0.6 is 15.9 Å². The Balaban J connectivity index is 2.16. The predicted octanol–water partition coefficient (Wildman–Crippen LogP) is 4.18. The van der Waals surface area contributed by atoms with E-state index in [2.05, 4.69) is 15.9 Å². The van der Waals surface area contributed by atoms with E-state index in [0.29, 0.717) is 10.0 Å². The molecule has 0 saturated carbocycles. The van der Waals surface area contributed by atoms with Crippen LogP contribution in [0, 0.1) is 23.0 Å². The van der Waals surface area contributed by atoms with Crippen molar-refractivity contribution in [3.8, 4) is 11.8 Å². The first-order valence-electron chi connectivity index (χ1n) is 5.36. The Morgan fingerprint density at radius 3 is 2.58 bits per heavy atom. The van der Waals surface area contributed by atoms with Gasteiger partial charge in [0.05, 0.1) is 11.6 Å². The van der Waals surface area contributed by atoms with Gasteiger partial charge in [-0.3, -0.25) is 0 Å². The van der Waals surface area contributed by atoms with Crippen LogP contribution in [0.1, 0.15) is 11.1 Å². The summed E-state index contributed by atoms with van der Waals surface area (Å²) in [7, 11) is 0. The largest absolute Gasteiger partial charge is 0.486 e. The van der Waals surface area contributed by atoms with Crippen molar-refractivity contribution >= 4 is 15.9 Å². The normalized spacial score (nSPS) is 10.0. The van der Waals surface area contributed by atoms with E-state index in [0.717, 1.165) is 0 Å². The highest BCUT2D eigenvalue weighted by Gasteiger charge is 2.08. The molecule has 96 valence electrons. The lowest BCUT2D eigenvalue weighted by molar-refractivity contribution is 0.284. The molecule has 2 rings (SSSR count). The lowest BCUT2D eigenvalue weighted by atomic mass is 10.1. The molecule has 0 amide bonds. The number of rotatable bonds is 3. The average Bonchev–Trinajstić information content (AvgIpc) is 2.39. The first-order valence-corrected chi connectivity index (χ1v) is 6.16. The van der Waals surface area contributed by atoms with Crippen LogP contribution in [0.4, 0.5) is 8.78 Å². The van der Waals surface area contributed by atoms with Gasteiger partial charge in [-0.2, -0.15) is 5.26 Å². The van der Waals surface area contributed by atoms with E-state index in [1.54, 1.807) is 6.07 Å². The number of benzene rings is 2. The highest BCUT2D eigenvalue weighted by molar-refractivity contribution is 9.10. The van der Waals surface area contributed by atoms with E-state index in [1.807, 2.05) is 6.07 Å². The SMILES string of the molecule is N#Cc1ccc(F)c(COc2ccc(Br)cc2F)c1. The zero-order chi connectivity index (χ0) is 13.8. The maximum absolute atomic E-state index is 13.5. The van der Waals surface area contributed by atoms with Crippen LogP contribution in [-0.2, 0) is 6.61 Å². The summed E-state index contributed by atoms with van der Waals surface area (Å²) in [5.74, 6) is -0.993. The monoisotopic (exact) mass is 323 g/mol. The Kier molecular flexibility index (Phi) is 4.13. The first-order chi connectivity index (χ1) is 9.10. The van der Waals surface area contributed by atoms with Gasteiger partial charge in [0.25, 0.3) is 0 Å². The van der Waals surface area contributed by atoms with Crippen molar-refractivity contribution in [3.05, 3.63) is 63.6 Å². The van der Waals surface area contributed by atoms with Gasteiger partial charge in [0, 0.05) is 10.0 Å². The second-order valence-corrected chi connectivity index (χ2v) is 4.70. The molecule has 0 spiro atoms. The molecule has 0 aliphatic rings. The lowest BCUT2D eigenvalue weighted by Gasteiger charge is -2.08. The molecule has 0 aliphatic carbocycles. The minimum Gasteiger partial charge on any atom is -0.486 e. The van der Waals surface area contributed by atoms with Crippen molar-refractivity contribution in [2.24, 2.45) is 0 Å². The van der Waals surface area contributed by atoms with Crippen LogP contribution in [0.15, 0.2) is 40.9 Å². The third-order valence-corrected chi connectivity index (χ3v) is 2.95. The maximum Gasteiger partial charge on any atom is 0.166 e. The van der Waals surface area contributed by atoms with Gasteiger partial charge >= 0.3 is 0 Å². The fourth-order valence-electron chi connectivity index (χ4n) is 1.50. The smallest absolute Gasteiger partial charge is 0.166 e. The van der Waals surface area contributed by atoms with E-state index in [1.165, 1.54) is 30.3 Å². The standard InChI is InChI=1S/C14H8BrF2NO/c15-11-2-4-14(13(17)6-11)19-8-10-5-9(7-18)1-3-12(10)16/h1-6H,8H2. The molecule has 2 nitrogen and oxygen atoms in total. The van der Waals surface area contributed by atoms with Gasteiger partial charge in [-0.15, -0.1) is 0 Å². The number of nitriles is 1. The van der Waals surface area contributed by atoms with Gasteiger partial charge in [-0.25, -0.2) is 8.78 Å². The highest BCUT2D eigenvalue weighted by atomic mass is 79.9. The van der Waals surface area contributed by atoms with E-state index >= 15 is 0 Å². The molecule has 19 heavy (non-hydrogen) atoms. The number of hydrogen-bond acceptors (Lipinski definition) is 2. The minimum atomic E-state index is -0.536. The van der Waals surface area contributed by atoms with Crippen LogP contribution < -0.4 is 4.74 Å². The van der Waals surface area contributed by atoms with Gasteiger partial charge in [-0.1, -0.05) is 15.9 Å². The minimum absolute atomic E-state index is 0.0324. The summed E-state index contributed by atoms with van der Waals surface area (Å²) in [4.78, 5) is 0. The van der Waals surface area contributed by atoms with E-state index in [9.17, 15) is 8.78 Å². The van der Waals surface area contributed by atoms with Gasteiger partial charge in [0.1, 0.15) is 12.4 Å². The molecule has 0 fully saturated rings. The molecule has 2 aromatic rings. The van der Waals surface area contributed by atoms with Crippen molar-refractivity contribution < 1.29 is 13.5 Å². The van der Waals surface area contributed by atoms with E-state index in [-0.39, 0.29) is 17.9 Å². The summed E-state index contributed by atoms with van der Waals surface area (Å²) in [5.41, 5.74) is 0.539. The van der Waals surface area contributed by atoms with Gasteiger partial charge in [-0.05, 0) is 36.4 Å². The highest BCUT2D eigenvalue weighted by Crippen LogP contribution is 2.23. The summed E-state index contributed by atoms with van der Waals surface area (Å²) in [6.07, 6.45) is 0. The molecule has 0 bridgehead atoms. The second-order valence-electron chi connectivity index (χ2n) is 3.78. The molecule has 0 saturated heterocycles. The zero-order valence-electron chi connectivity index (χ0n) is 9.66. The topological polar surface area (TPSA) is 33.0 Å². The Morgan fingerprint density at radius 2 is 1.89 bits per heavy atom. The number of nitrogens with zero attached hydrogens (tertiary/aromatic N) is 1. The molecule has 0 unspecified atom stereocenters. The van der Waals surface area contributed by atoms with Crippen LogP contribution in [0.2, 0.25) is 0 Å². The molecule has 0 radical (unpaired) electrons. The van der Waals surface area contributed by atoms with Crippen LogP contribution in [0.5, 0.6) is 5.75 Å². The number of halogens is 3. The summed E-state index contributed by atoms with van der Waals surface area (Å²) in [5, 5.41) is 8.73. The van der Waals surface area contributed by atoms with Crippen molar-refractivity contribution in [2.45, 2.75) is 6.61 Å². The van der Waals surface area contributed by atoms with Gasteiger partial charge in [0.2, 0.25) is 0 Å². The fraction of sp³-hybridized carbons (Fsp3) is 0.0714. The summed E-state index contributed by atoms with van der Waals surface area (Å²) in [6.45, 7) is -0.139. The molecule has 2 aromatic carbocycles. The Morgan fingerprint density at radius 1 is 1.11 bits per heavy atom. The van der Waals surface area contributed by atoms with E-state index < -0.39 is 11.6 Å². The van der Waals surface area contributed by atoms with Gasteiger partial charge < -0.3 is 4.74 Å². The van der Waals surface area contributed by atoms with Crippen molar-refractivity contribution in [1.82, 2.24) is 0 Å². The van der Waals surface area contributed by atoms with Crippen molar-refractivity contribution in [2.75, 3.05) is 0 Å². The average molecular weight is 324 g/mol. The molecular formula is C14H8BrF2NO. The third kappa shape index (κ3) is 3.30. The van der Waals surface area contributed by atoms with Crippen LogP contribution in [0.25, 0.3) is 0 Å². The Hall–Kier alpha value is -1.93. The Labute approximate surface area is 117 Å². The summed E-state index contributed by atoms with van der Waals surface area (Å²) < 4.78 is 32.8. The van der Waals surface area contributed by atoms with Gasteiger partial charge in [0.15, 0.2) is 11.6 Å². The van der Waals surface area contributed by atoms with Crippen LogP contribution in [-0.4, -0.2) is 0 Å².